The lowest BCUT2D eigenvalue weighted by molar-refractivity contribution is 0.140. The van der Waals surface area contributed by atoms with Crippen molar-refractivity contribution in [3.05, 3.63) is 24.3 Å². The summed E-state index contributed by atoms with van der Waals surface area (Å²) < 4.78 is 28.8. The summed E-state index contributed by atoms with van der Waals surface area (Å²) in [7, 11) is -1.49. The number of anilines is 2. The molecule has 0 bridgehead atoms. The first kappa shape index (κ1) is 20.9. The van der Waals surface area contributed by atoms with Crippen molar-refractivity contribution < 1.29 is 17.9 Å². The van der Waals surface area contributed by atoms with Gasteiger partial charge in [0, 0.05) is 44.2 Å². The number of piperidine rings is 1. The zero-order chi connectivity index (χ0) is 20.1. The second kappa shape index (κ2) is 9.13. The van der Waals surface area contributed by atoms with Crippen LogP contribution in [0.5, 0.6) is 0 Å². The molecule has 0 aliphatic carbocycles. The van der Waals surface area contributed by atoms with E-state index in [0.717, 1.165) is 30.4 Å². The van der Waals surface area contributed by atoms with E-state index in [4.69, 9.17) is 4.74 Å². The maximum atomic E-state index is 12.9. The van der Waals surface area contributed by atoms with Gasteiger partial charge in [0.05, 0.1) is 18.1 Å². The first-order valence-electron chi connectivity index (χ1n) is 10.00. The topological polar surface area (TPSA) is 79.0 Å². The van der Waals surface area contributed by atoms with E-state index in [1.807, 2.05) is 18.2 Å². The van der Waals surface area contributed by atoms with Crippen molar-refractivity contribution in [1.82, 2.24) is 4.90 Å². The predicted molar refractivity (Wildman–Crippen MR) is 112 cm³/mol. The number of hydrogen-bond donors (Lipinski definition) is 1. The number of hydrogen-bond acceptors (Lipinski definition) is 5. The van der Waals surface area contributed by atoms with Crippen molar-refractivity contribution in [1.29, 1.82) is 0 Å². The Balaban J connectivity index is 1.68. The molecule has 2 amide bonds. The molecule has 0 spiro atoms. The number of carbonyl (C=O) groups excluding carboxylic acids is 1. The van der Waals surface area contributed by atoms with Gasteiger partial charge in [0.1, 0.15) is 0 Å². The Labute approximate surface area is 167 Å². The standard InChI is InChI=1S/C20H31N3O4S/c1-16-6-9-22(10-7-16)18-5-3-4-17(14-18)21-20(24)23(11-12-27-2)19-8-13-28(25,26)15-19/h3-5,14,16,19H,6-13,15H2,1-2H3,(H,21,24)/t19-/m1/s1. The Morgan fingerprint density at radius 2 is 2.04 bits per heavy atom. The first-order chi connectivity index (χ1) is 13.4. The number of urea groups is 1. The molecule has 0 unspecified atom stereocenters. The minimum absolute atomic E-state index is 0.0239. The van der Waals surface area contributed by atoms with Gasteiger partial charge in [-0.25, -0.2) is 13.2 Å². The second-order valence-electron chi connectivity index (χ2n) is 7.89. The number of methoxy groups -OCH3 is 1. The van der Waals surface area contributed by atoms with Crippen molar-refractivity contribution in [2.75, 3.05) is 55.1 Å². The Hall–Kier alpha value is -1.80. The summed E-state index contributed by atoms with van der Waals surface area (Å²) in [5, 5.41) is 2.95. The average Bonchev–Trinajstić information content (AvgIpc) is 3.02. The van der Waals surface area contributed by atoms with E-state index in [0.29, 0.717) is 19.6 Å². The Morgan fingerprint density at radius 3 is 2.68 bits per heavy atom. The summed E-state index contributed by atoms with van der Waals surface area (Å²) in [6.07, 6.45) is 2.83. The molecule has 7 nitrogen and oxygen atoms in total. The summed E-state index contributed by atoms with van der Waals surface area (Å²) in [6, 6.07) is 7.30. The lowest BCUT2D eigenvalue weighted by Crippen LogP contribution is -2.45. The zero-order valence-electron chi connectivity index (χ0n) is 16.8. The van der Waals surface area contributed by atoms with Gasteiger partial charge < -0.3 is 19.9 Å². The van der Waals surface area contributed by atoms with E-state index in [1.54, 1.807) is 12.0 Å². The third-order valence-corrected chi connectivity index (χ3v) is 7.44. The molecule has 28 heavy (non-hydrogen) atoms. The SMILES string of the molecule is COCCN(C(=O)Nc1cccc(N2CCC(C)CC2)c1)[C@@H]1CCS(=O)(=O)C1. The second-order valence-corrected chi connectivity index (χ2v) is 10.1. The van der Waals surface area contributed by atoms with Crippen LogP contribution in [0.2, 0.25) is 0 Å². The van der Waals surface area contributed by atoms with Crippen molar-refractivity contribution in [3.63, 3.8) is 0 Å². The Kier molecular flexibility index (Phi) is 6.82. The first-order valence-corrected chi connectivity index (χ1v) is 11.8. The van der Waals surface area contributed by atoms with E-state index in [1.165, 1.54) is 12.8 Å². The fourth-order valence-electron chi connectivity index (χ4n) is 3.90. The number of ether oxygens (including phenoxy) is 1. The van der Waals surface area contributed by atoms with Crippen LogP contribution in [0.4, 0.5) is 16.2 Å². The maximum Gasteiger partial charge on any atom is 0.322 e. The number of benzene rings is 1. The lowest BCUT2D eigenvalue weighted by atomic mass is 9.99. The van der Waals surface area contributed by atoms with Gasteiger partial charge in [0.15, 0.2) is 9.84 Å². The van der Waals surface area contributed by atoms with Gasteiger partial charge in [-0.1, -0.05) is 13.0 Å². The predicted octanol–water partition coefficient (Wildman–Crippen LogP) is 2.59. The van der Waals surface area contributed by atoms with Gasteiger partial charge in [-0.15, -0.1) is 0 Å². The van der Waals surface area contributed by atoms with Crippen LogP contribution in [-0.2, 0) is 14.6 Å². The highest BCUT2D eigenvalue weighted by Crippen LogP contribution is 2.26. The average molecular weight is 410 g/mol. The van der Waals surface area contributed by atoms with Gasteiger partial charge in [-0.2, -0.15) is 0 Å². The van der Waals surface area contributed by atoms with Crippen LogP contribution in [0.25, 0.3) is 0 Å². The number of nitrogens with zero attached hydrogens (tertiary/aromatic N) is 2. The summed E-state index contributed by atoms with van der Waals surface area (Å²) in [4.78, 5) is 16.8. The van der Waals surface area contributed by atoms with Gasteiger partial charge >= 0.3 is 6.03 Å². The van der Waals surface area contributed by atoms with Gasteiger partial charge in [0.25, 0.3) is 0 Å². The number of sulfone groups is 1. The van der Waals surface area contributed by atoms with Gasteiger partial charge in [0.2, 0.25) is 0 Å². The molecule has 0 radical (unpaired) electrons. The Morgan fingerprint density at radius 1 is 1.29 bits per heavy atom. The van der Waals surface area contributed by atoms with Crippen LogP contribution in [0.15, 0.2) is 24.3 Å². The zero-order valence-corrected chi connectivity index (χ0v) is 17.6. The lowest BCUT2D eigenvalue weighted by Gasteiger charge is -2.32. The Bertz CT molecular complexity index is 775. The van der Waals surface area contributed by atoms with Crippen LogP contribution >= 0.6 is 0 Å². The number of rotatable bonds is 6. The molecule has 0 saturated carbocycles. The van der Waals surface area contributed by atoms with E-state index >= 15 is 0 Å². The highest BCUT2D eigenvalue weighted by atomic mass is 32.2. The number of amides is 2. The van der Waals surface area contributed by atoms with Crippen molar-refractivity contribution in [3.8, 4) is 0 Å². The van der Waals surface area contributed by atoms with E-state index in [-0.39, 0.29) is 23.6 Å². The van der Waals surface area contributed by atoms with E-state index < -0.39 is 9.84 Å². The molecule has 156 valence electrons. The molecule has 2 fully saturated rings. The molecule has 8 heteroatoms. The highest BCUT2D eigenvalue weighted by molar-refractivity contribution is 7.91. The summed E-state index contributed by atoms with van der Waals surface area (Å²) >= 11 is 0. The minimum atomic E-state index is -3.07. The van der Waals surface area contributed by atoms with E-state index in [2.05, 4.69) is 23.2 Å². The minimum Gasteiger partial charge on any atom is -0.383 e. The van der Waals surface area contributed by atoms with Crippen LogP contribution in [-0.4, -0.2) is 70.2 Å². The summed E-state index contributed by atoms with van der Waals surface area (Å²) in [5.74, 6) is 0.920. The molecule has 1 aromatic rings. The van der Waals surface area contributed by atoms with E-state index in [9.17, 15) is 13.2 Å². The van der Waals surface area contributed by atoms with Gasteiger partial charge in [-0.05, 0) is 43.4 Å². The highest BCUT2D eigenvalue weighted by Gasteiger charge is 2.34. The summed E-state index contributed by atoms with van der Waals surface area (Å²) in [5.41, 5.74) is 1.83. The van der Waals surface area contributed by atoms with Crippen molar-refractivity contribution in [2.24, 2.45) is 5.92 Å². The quantitative estimate of drug-likeness (QED) is 0.781. The smallest absolute Gasteiger partial charge is 0.322 e. The summed E-state index contributed by atoms with van der Waals surface area (Å²) in [6.45, 7) is 5.07. The fraction of sp³-hybridized carbons (Fsp3) is 0.650. The van der Waals surface area contributed by atoms with Crippen LogP contribution in [0.1, 0.15) is 26.2 Å². The molecule has 2 heterocycles. The maximum absolute atomic E-state index is 12.9. The molecule has 2 aliphatic heterocycles. The van der Waals surface area contributed by atoms with Crippen LogP contribution in [0, 0.1) is 5.92 Å². The number of nitrogens with one attached hydrogen (secondary N) is 1. The van der Waals surface area contributed by atoms with Gasteiger partial charge in [-0.3, -0.25) is 0 Å². The third kappa shape index (κ3) is 5.38. The number of carbonyl (C=O) groups is 1. The largest absolute Gasteiger partial charge is 0.383 e. The van der Waals surface area contributed by atoms with Crippen LogP contribution < -0.4 is 10.2 Å². The van der Waals surface area contributed by atoms with Crippen molar-refractivity contribution >= 4 is 27.2 Å². The molecule has 1 atom stereocenters. The van der Waals surface area contributed by atoms with Crippen LogP contribution in [0.3, 0.4) is 0 Å². The molecule has 3 rings (SSSR count). The molecular weight excluding hydrogens is 378 g/mol. The molecule has 2 aliphatic rings. The monoisotopic (exact) mass is 409 g/mol. The normalized spacial score (nSPS) is 22.2. The molecule has 1 aromatic carbocycles. The van der Waals surface area contributed by atoms with Crippen molar-refractivity contribution in [2.45, 2.75) is 32.2 Å². The fourth-order valence-corrected chi connectivity index (χ4v) is 5.63. The third-order valence-electron chi connectivity index (χ3n) is 5.69. The molecular formula is C20H31N3O4S. The molecule has 0 aromatic heterocycles. The molecule has 1 N–H and O–H groups in total. The molecule has 2 saturated heterocycles.